The third kappa shape index (κ3) is 4.57. The van der Waals surface area contributed by atoms with E-state index in [0.717, 1.165) is 17.1 Å². The number of hydrogen-bond acceptors (Lipinski definition) is 2. The van der Waals surface area contributed by atoms with E-state index in [1.165, 1.54) is 18.4 Å². The maximum atomic E-state index is 6.13. The molecule has 1 atom stereocenters. The topological polar surface area (TPSA) is 21.3 Å². The molecule has 2 nitrogen and oxygen atoms in total. The van der Waals surface area contributed by atoms with Crippen LogP contribution in [0.5, 0.6) is 0 Å². The standard InChI is InChI=1S/C18H20ClNO/c19-16-8-6-14(7-9-16)13-21-18(12-20-17-10-11-17)15-4-2-1-3-5-15/h1-9,17-18,20H,10-13H2. The minimum absolute atomic E-state index is 0.0856. The van der Waals surface area contributed by atoms with Crippen molar-refractivity contribution in [2.24, 2.45) is 0 Å². The van der Waals surface area contributed by atoms with Crippen LogP contribution in [0.2, 0.25) is 5.02 Å². The number of nitrogens with one attached hydrogen (secondary N) is 1. The van der Waals surface area contributed by atoms with E-state index < -0.39 is 0 Å². The van der Waals surface area contributed by atoms with Gasteiger partial charge in [-0.3, -0.25) is 0 Å². The Kier molecular flexibility index (Phi) is 4.91. The first-order chi connectivity index (χ1) is 10.3. The van der Waals surface area contributed by atoms with Crippen LogP contribution in [0.3, 0.4) is 0 Å². The highest BCUT2D eigenvalue weighted by molar-refractivity contribution is 6.30. The summed E-state index contributed by atoms with van der Waals surface area (Å²) in [4.78, 5) is 0. The van der Waals surface area contributed by atoms with Crippen LogP contribution in [0.25, 0.3) is 0 Å². The number of ether oxygens (including phenoxy) is 1. The summed E-state index contributed by atoms with van der Waals surface area (Å²) in [6, 6.07) is 18.9. The Morgan fingerprint density at radius 3 is 2.43 bits per heavy atom. The highest BCUT2D eigenvalue weighted by atomic mass is 35.5. The van der Waals surface area contributed by atoms with Gasteiger partial charge in [-0.25, -0.2) is 0 Å². The predicted molar refractivity (Wildman–Crippen MR) is 86.4 cm³/mol. The molecule has 0 heterocycles. The second-order valence-corrected chi connectivity index (χ2v) is 5.96. The fraction of sp³-hybridized carbons (Fsp3) is 0.333. The van der Waals surface area contributed by atoms with Gasteiger partial charge in [0.15, 0.2) is 0 Å². The van der Waals surface area contributed by atoms with Crippen LogP contribution in [-0.2, 0) is 11.3 Å². The van der Waals surface area contributed by atoms with E-state index in [1.807, 2.05) is 30.3 Å². The van der Waals surface area contributed by atoms with Crippen molar-refractivity contribution in [2.75, 3.05) is 6.54 Å². The van der Waals surface area contributed by atoms with E-state index in [0.29, 0.717) is 12.6 Å². The van der Waals surface area contributed by atoms with Crippen LogP contribution in [0.15, 0.2) is 54.6 Å². The lowest BCUT2D eigenvalue weighted by atomic mass is 10.1. The molecule has 0 amide bonds. The smallest absolute Gasteiger partial charge is 0.0953 e. The van der Waals surface area contributed by atoms with Gasteiger partial charge in [0.05, 0.1) is 12.7 Å². The van der Waals surface area contributed by atoms with Crippen LogP contribution in [0, 0.1) is 0 Å². The quantitative estimate of drug-likeness (QED) is 0.821. The average molecular weight is 302 g/mol. The first-order valence-electron chi connectivity index (χ1n) is 7.45. The summed E-state index contributed by atoms with van der Waals surface area (Å²) in [5.74, 6) is 0. The Balaban J connectivity index is 1.62. The monoisotopic (exact) mass is 301 g/mol. The summed E-state index contributed by atoms with van der Waals surface area (Å²) in [6.07, 6.45) is 2.67. The van der Waals surface area contributed by atoms with E-state index in [4.69, 9.17) is 16.3 Å². The molecule has 2 aromatic carbocycles. The fourth-order valence-electron chi connectivity index (χ4n) is 2.28. The zero-order chi connectivity index (χ0) is 14.5. The number of hydrogen-bond donors (Lipinski definition) is 1. The summed E-state index contributed by atoms with van der Waals surface area (Å²) in [5, 5.41) is 4.31. The van der Waals surface area contributed by atoms with Gasteiger partial charge in [-0.2, -0.15) is 0 Å². The Labute approximate surface area is 131 Å². The Morgan fingerprint density at radius 2 is 1.76 bits per heavy atom. The lowest BCUT2D eigenvalue weighted by Gasteiger charge is -2.19. The van der Waals surface area contributed by atoms with Crippen LogP contribution >= 0.6 is 11.6 Å². The van der Waals surface area contributed by atoms with Crippen LogP contribution in [-0.4, -0.2) is 12.6 Å². The molecule has 3 rings (SSSR count). The molecule has 0 radical (unpaired) electrons. The van der Waals surface area contributed by atoms with Crippen LogP contribution in [0.1, 0.15) is 30.1 Å². The van der Waals surface area contributed by atoms with Crippen molar-refractivity contribution in [2.45, 2.75) is 31.6 Å². The third-order valence-corrected chi connectivity index (χ3v) is 3.96. The van der Waals surface area contributed by atoms with Gasteiger partial charge in [0.1, 0.15) is 0 Å². The molecule has 110 valence electrons. The van der Waals surface area contributed by atoms with E-state index in [1.54, 1.807) is 0 Å². The summed E-state index contributed by atoms with van der Waals surface area (Å²) in [6.45, 7) is 1.46. The van der Waals surface area contributed by atoms with Gasteiger partial charge in [-0.1, -0.05) is 54.1 Å². The minimum Gasteiger partial charge on any atom is -0.368 e. The molecule has 0 aliphatic heterocycles. The van der Waals surface area contributed by atoms with Gasteiger partial charge in [0.2, 0.25) is 0 Å². The molecule has 1 aliphatic rings. The minimum atomic E-state index is 0.0856. The third-order valence-electron chi connectivity index (χ3n) is 3.71. The number of halogens is 1. The first-order valence-corrected chi connectivity index (χ1v) is 7.83. The van der Waals surface area contributed by atoms with Gasteiger partial charge in [0, 0.05) is 17.6 Å². The first kappa shape index (κ1) is 14.6. The number of benzene rings is 2. The molecule has 0 bridgehead atoms. The van der Waals surface area contributed by atoms with Crippen molar-refractivity contribution < 1.29 is 4.74 Å². The Hall–Kier alpha value is -1.35. The predicted octanol–water partition coefficient (Wildman–Crippen LogP) is 4.35. The summed E-state index contributed by atoms with van der Waals surface area (Å²) < 4.78 is 6.13. The van der Waals surface area contributed by atoms with Gasteiger partial charge in [-0.05, 0) is 36.1 Å². The number of rotatable bonds is 7. The van der Waals surface area contributed by atoms with E-state index in [9.17, 15) is 0 Å². The van der Waals surface area contributed by atoms with E-state index in [-0.39, 0.29) is 6.10 Å². The zero-order valence-corrected chi connectivity index (χ0v) is 12.7. The maximum absolute atomic E-state index is 6.13. The fourth-order valence-corrected chi connectivity index (χ4v) is 2.41. The highest BCUT2D eigenvalue weighted by Gasteiger charge is 2.22. The van der Waals surface area contributed by atoms with Crippen LogP contribution in [0.4, 0.5) is 0 Å². The molecule has 1 fully saturated rings. The second kappa shape index (κ2) is 7.08. The normalized spacial score (nSPS) is 15.9. The molecular formula is C18H20ClNO. The summed E-state index contributed by atoms with van der Waals surface area (Å²) in [5.41, 5.74) is 2.37. The molecule has 1 aliphatic carbocycles. The zero-order valence-electron chi connectivity index (χ0n) is 12.0. The highest BCUT2D eigenvalue weighted by Crippen LogP contribution is 2.23. The SMILES string of the molecule is Clc1ccc(COC(CNC2CC2)c2ccccc2)cc1. The molecule has 1 N–H and O–H groups in total. The Morgan fingerprint density at radius 1 is 1.05 bits per heavy atom. The molecule has 0 aromatic heterocycles. The summed E-state index contributed by atoms with van der Waals surface area (Å²) in [7, 11) is 0. The Bertz CT molecular complexity index is 551. The van der Waals surface area contributed by atoms with E-state index >= 15 is 0 Å². The average Bonchev–Trinajstić information content (AvgIpc) is 3.34. The maximum Gasteiger partial charge on any atom is 0.0953 e. The van der Waals surface area contributed by atoms with Gasteiger partial charge < -0.3 is 10.1 Å². The van der Waals surface area contributed by atoms with Gasteiger partial charge in [-0.15, -0.1) is 0 Å². The van der Waals surface area contributed by atoms with Crippen molar-refractivity contribution in [1.82, 2.24) is 5.32 Å². The molecule has 2 aromatic rings. The van der Waals surface area contributed by atoms with Crippen LogP contribution < -0.4 is 5.32 Å². The van der Waals surface area contributed by atoms with E-state index in [2.05, 4.69) is 29.6 Å². The van der Waals surface area contributed by atoms with Crippen molar-refractivity contribution in [3.05, 3.63) is 70.7 Å². The molecule has 3 heteroatoms. The molecule has 1 unspecified atom stereocenters. The van der Waals surface area contributed by atoms with Crippen molar-refractivity contribution in [1.29, 1.82) is 0 Å². The lowest BCUT2D eigenvalue weighted by molar-refractivity contribution is 0.0395. The molecule has 0 saturated heterocycles. The summed E-state index contributed by atoms with van der Waals surface area (Å²) >= 11 is 5.91. The lowest BCUT2D eigenvalue weighted by Crippen LogP contribution is -2.25. The second-order valence-electron chi connectivity index (χ2n) is 5.52. The van der Waals surface area contributed by atoms with Gasteiger partial charge in [0.25, 0.3) is 0 Å². The van der Waals surface area contributed by atoms with Gasteiger partial charge >= 0.3 is 0 Å². The van der Waals surface area contributed by atoms with Crippen molar-refractivity contribution in [3.8, 4) is 0 Å². The molecule has 1 saturated carbocycles. The largest absolute Gasteiger partial charge is 0.368 e. The molecule has 0 spiro atoms. The van der Waals surface area contributed by atoms with Crippen molar-refractivity contribution >= 4 is 11.6 Å². The molecular weight excluding hydrogens is 282 g/mol. The molecule has 21 heavy (non-hydrogen) atoms. The van der Waals surface area contributed by atoms with Crippen molar-refractivity contribution in [3.63, 3.8) is 0 Å².